The lowest BCUT2D eigenvalue weighted by atomic mass is 9.74. The van der Waals surface area contributed by atoms with E-state index < -0.39 is 5.41 Å². The Kier molecular flexibility index (Phi) is 7.66. The lowest BCUT2D eigenvalue weighted by Gasteiger charge is -2.36. The predicted molar refractivity (Wildman–Crippen MR) is 128 cm³/mol. The molecule has 0 spiro atoms. The molecular formula is C27H35FN2O3. The first-order valence-electron chi connectivity index (χ1n) is 12.1. The van der Waals surface area contributed by atoms with Gasteiger partial charge in [0.15, 0.2) is 0 Å². The molecule has 1 N–H and O–H groups in total. The molecule has 2 aliphatic heterocycles. The zero-order chi connectivity index (χ0) is 23.3. The number of hydrogen-bond acceptors (Lipinski definition) is 4. The maximum absolute atomic E-state index is 13.9. The molecule has 1 amide bonds. The summed E-state index contributed by atoms with van der Waals surface area (Å²) < 4.78 is 25.0. The number of benzene rings is 2. The molecule has 2 saturated heterocycles. The molecule has 2 aromatic rings. The number of halogens is 1. The van der Waals surface area contributed by atoms with Crippen molar-refractivity contribution in [1.29, 1.82) is 0 Å². The Balaban J connectivity index is 1.54. The van der Waals surface area contributed by atoms with Crippen LogP contribution in [0.4, 0.5) is 4.39 Å². The summed E-state index contributed by atoms with van der Waals surface area (Å²) in [5.41, 5.74) is 2.17. The van der Waals surface area contributed by atoms with Gasteiger partial charge < -0.3 is 14.8 Å². The summed E-state index contributed by atoms with van der Waals surface area (Å²) in [7, 11) is 1.59. The Morgan fingerprint density at radius 3 is 2.82 bits per heavy atom. The molecule has 0 saturated carbocycles. The van der Waals surface area contributed by atoms with Gasteiger partial charge in [-0.15, -0.1) is 0 Å². The summed E-state index contributed by atoms with van der Waals surface area (Å²) in [5.74, 6) is 0.455. The summed E-state index contributed by atoms with van der Waals surface area (Å²) in [6.45, 7) is 6.21. The van der Waals surface area contributed by atoms with Gasteiger partial charge in [0.1, 0.15) is 11.6 Å². The van der Waals surface area contributed by atoms with E-state index in [1.54, 1.807) is 13.2 Å². The Morgan fingerprint density at radius 1 is 1.24 bits per heavy atom. The summed E-state index contributed by atoms with van der Waals surface area (Å²) in [5, 5.41) is 3.29. The van der Waals surface area contributed by atoms with Crippen molar-refractivity contribution >= 4 is 5.91 Å². The third-order valence-corrected chi connectivity index (χ3v) is 7.28. The van der Waals surface area contributed by atoms with Crippen LogP contribution < -0.4 is 10.1 Å². The molecule has 33 heavy (non-hydrogen) atoms. The van der Waals surface area contributed by atoms with Crippen molar-refractivity contribution in [1.82, 2.24) is 10.2 Å². The van der Waals surface area contributed by atoms with Gasteiger partial charge in [-0.25, -0.2) is 4.39 Å². The summed E-state index contributed by atoms with van der Waals surface area (Å²) >= 11 is 0. The first kappa shape index (κ1) is 23.7. The van der Waals surface area contributed by atoms with Crippen molar-refractivity contribution in [3.05, 3.63) is 53.8 Å². The second-order valence-corrected chi connectivity index (χ2v) is 9.25. The SMILES string of the molecule is CCN1CCCC1CNC(=O)C1(Cc2cccc(-c3cc(F)ccc3OC)c2)CCOCC1. The Morgan fingerprint density at radius 2 is 2.06 bits per heavy atom. The molecule has 1 atom stereocenters. The lowest BCUT2D eigenvalue weighted by Crippen LogP contribution is -2.49. The number of rotatable bonds is 8. The molecule has 0 aliphatic carbocycles. The van der Waals surface area contributed by atoms with Crippen LogP contribution in [0.5, 0.6) is 5.75 Å². The van der Waals surface area contributed by atoms with Gasteiger partial charge in [-0.3, -0.25) is 9.69 Å². The molecule has 6 heteroatoms. The van der Waals surface area contributed by atoms with E-state index in [0.29, 0.717) is 56.4 Å². The van der Waals surface area contributed by atoms with E-state index in [2.05, 4.69) is 29.3 Å². The van der Waals surface area contributed by atoms with Crippen LogP contribution in [0.15, 0.2) is 42.5 Å². The van der Waals surface area contributed by atoms with Crippen LogP contribution >= 0.6 is 0 Å². The maximum atomic E-state index is 13.9. The third-order valence-electron chi connectivity index (χ3n) is 7.28. The standard InChI is InChI=1S/C27H35FN2O3/c1-3-30-13-5-8-23(30)19-29-26(31)27(11-14-33-15-12-27)18-20-6-4-7-21(16-20)24-17-22(28)9-10-25(24)32-2/h4,6-7,9-10,16-17,23H,3,5,8,11-15,18-19H2,1-2H3,(H,29,31). The maximum Gasteiger partial charge on any atom is 0.226 e. The van der Waals surface area contributed by atoms with Crippen LogP contribution in [0.1, 0.15) is 38.2 Å². The molecule has 2 heterocycles. The van der Waals surface area contributed by atoms with Gasteiger partial charge in [-0.05, 0) is 74.5 Å². The Labute approximate surface area is 196 Å². The van der Waals surface area contributed by atoms with Crippen molar-refractivity contribution in [2.75, 3.05) is 40.0 Å². The molecule has 1 unspecified atom stereocenters. The van der Waals surface area contributed by atoms with Gasteiger partial charge >= 0.3 is 0 Å². The highest BCUT2D eigenvalue weighted by Gasteiger charge is 2.40. The highest BCUT2D eigenvalue weighted by atomic mass is 19.1. The fourth-order valence-corrected chi connectivity index (χ4v) is 5.33. The number of carbonyl (C=O) groups is 1. The van der Waals surface area contributed by atoms with Gasteiger partial charge in [0, 0.05) is 31.4 Å². The molecular weight excluding hydrogens is 419 g/mol. The minimum atomic E-state index is -0.488. The molecule has 0 aromatic heterocycles. The van der Waals surface area contributed by atoms with Crippen LogP contribution in [0.3, 0.4) is 0 Å². The van der Waals surface area contributed by atoms with E-state index in [1.807, 2.05) is 12.1 Å². The largest absolute Gasteiger partial charge is 0.496 e. The van der Waals surface area contributed by atoms with Gasteiger partial charge in [0.25, 0.3) is 0 Å². The number of hydrogen-bond donors (Lipinski definition) is 1. The average molecular weight is 455 g/mol. The molecule has 2 aromatic carbocycles. The smallest absolute Gasteiger partial charge is 0.226 e. The lowest BCUT2D eigenvalue weighted by molar-refractivity contribution is -0.136. The number of methoxy groups -OCH3 is 1. The summed E-state index contributed by atoms with van der Waals surface area (Å²) in [6.07, 6.45) is 4.38. The molecule has 4 rings (SSSR count). The number of nitrogens with one attached hydrogen (secondary N) is 1. The van der Waals surface area contributed by atoms with Crippen LogP contribution in [0.2, 0.25) is 0 Å². The van der Waals surface area contributed by atoms with Gasteiger partial charge in [-0.1, -0.05) is 31.2 Å². The van der Waals surface area contributed by atoms with Crippen LogP contribution in [-0.4, -0.2) is 56.8 Å². The Hall–Kier alpha value is -2.44. The predicted octanol–water partition coefficient (Wildman–Crippen LogP) is 4.44. The first-order chi connectivity index (χ1) is 16.0. The van der Waals surface area contributed by atoms with Crippen LogP contribution in [-0.2, 0) is 16.0 Å². The second-order valence-electron chi connectivity index (χ2n) is 9.25. The Bertz CT molecular complexity index is 958. The fraction of sp³-hybridized carbons (Fsp3) is 0.519. The van der Waals surface area contributed by atoms with E-state index in [-0.39, 0.29) is 11.7 Å². The minimum absolute atomic E-state index is 0.127. The molecule has 0 bridgehead atoms. The highest BCUT2D eigenvalue weighted by Crippen LogP contribution is 2.37. The van der Waals surface area contributed by atoms with Gasteiger partial charge in [-0.2, -0.15) is 0 Å². The number of likely N-dealkylation sites (N-methyl/N-ethyl adjacent to an activating group) is 1. The average Bonchev–Trinajstić information content (AvgIpc) is 3.31. The van der Waals surface area contributed by atoms with Crippen LogP contribution in [0.25, 0.3) is 11.1 Å². The van der Waals surface area contributed by atoms with Crippen molar-refractivity contribution in [2.24, 2.45) is 5.41 Å². The molecule has 178 valence electrons. The zero-order valence-electron chi connectivity index (χ0n) is 19.7. The number of nitrogens with zero attached hydrogens (tertiary/aromatic N) is 1. The monoisotopic (exact) mass is 454 g/mol. The fourth-order valence-electron chi connectivity index (χ4n) is 5.33. The highest BCUT2D eigenvalue weighted by molar-refractivity contribution is 5.83. The van der Waals surface area contributed by atoms with Crippen LogP contribution in [0, 0.1) is 11.2 Å². The van der Waals surface area contributed by atoms with Crippen molar-refractivity contribution in [3.63, 3.8) is 0 Å². The van der Waals surface area contributed by atoms with E-state index in [1.165, 1.54) is 18.6 Å². The van der Waals surface area contributed by atoms with E-state index in [9.17, 15) is 9.18 Å². The zero-order valence-corrected chi connectivity index (χ0v) is 19.7. The van der Waals surface area contributed by atoms with Gasteiger partial charge in [0.05, 0.1) is 12.5 Å². The second kappa shape index (κ2) is 10.7. The topological polar surface area (TPSA) is 50.8 Å². The minimum Gasteiger partial charge on any atom is -0.496 e. The van der Waals surface area contributed by atoms with Gasteiger partial charge in [0.2, 0.25) is 5.91 Å². The molecule has 5 nitrogen and oxygen atoms in total. The summed E-state index contributed by atoms with van der Waals surface area (Å²) in [6, 6.07) is 13.0. The number of ether oxygens (including phenoxy) is 2. The van der Waals surface area contributed by atoms with E-state index in [4.69, 9.17) is 9.47 Å². The van der Waals surface area contributed by atoms with Crippen molar-refractivity contribution in [3.8, 4) is 16.9 Å². The number of carbonyl (C=O) groups excluding carboxylic acids is 1. The van der Waals surface area contributed by atoms with Crippen molar-refractivity contribution in [2.45, 2.75) is 45.1 Å². The van der Waals surface area contributed by atoms with Crippen molar-refractivity contribution < 1.29 is 18.7 Å². The summed E-state index contributed by atoms with van der Waals surface area (Å²) in [4.78, 5) is 16.0. The quantitative estimate of drug-likeness (QED) is 0.641. The molecule has 2 aliphatic rings. The van der Waals surface area contributed by atoms with E-state index >= 15 is 0 Å². The number of likely N-dealkylation sites (tertiary alicyclic amines) is 1. The normalized spacial score (nSPS) is 20.5. The van der Waals surface area contributed by atoms with E-state index in [0.717, 1.165) is 30.6 Å². The first-order valence-corrected chi connectivity index (χ1v) is 12.1. The third kappa shape index (κ3) is 5.39. The number of amides is 1. The molecule has 2 fully saturated rings. The molecule has 0 radical (unpaired) electrons.